The van der Waals surface area contributed by atoms with Gasteiger partial charge in [0.05, 0.1) is 16.9 Å². The fourth-order valence-electron chi connectivity index (χ4n) is 4.90. The Balaban J connectivity index is 1.27. The third kappa shape index (κ3) is 15.5. The average Bonchev–Trinajstić information content (AvgIpc) is 3.52. The van der Waals surface area contributed by atoms with Crippen LogP contribution < -0.4 is 26.6 Å². The fraction of sp³-hybridized carbons (Fsp3) is 0.543. The second-order valence-corrected chi connectivity index (χ2v) is 14.0. The number of anilines is 4. The molecule has 3 aromatic rings. The number of carbonyl (C=O) groups excluding carboxylic acids is 3. The Morgan fingerprint density at radius 3 is 2.33 bits per heavy atom. The van der Waals surface area contributed by atoms with Crippen LogP contribution >= 0.6 is 22.9 Å². The number of benzene rings is 1. The molecule has 12 nitrogen and oxygen atoms in total. The molecule has 14 heteroatoms. The maximum absolute atomic E-state index is 12.8. The van der Waals surface area contributed by atoms with Gasteiger partial charge in [-0.2, -0.15) is 0 Å². The Morgan fingerprint density at radius 2 is 1.59 bits per heavy atom. The quantitative estimate of drug-likeness (QED) is 0.0730. The van der Waals surface area contributed by atoms with Crippen molar-refractivity contribution in [3.8, 4) is 0 Å². The van der Waals surface area contributed by atoms with Crippen molar-refractivity contribution in [3.63, 3.8) is 0 Å². The van der Waals surface area contributed by atoms with E-state index >= 15 is 0 Å². The molecule has 0 aliphatic heterocycles. The van der Waals surface area contributed by atoms with Crippen molar-refractivity contribution >= 4 is 63.1 Å². The number of thiazole rings is 1. The number of amides is 3. The minimum atomic E-state index is -0.281. The number of hydrogen-bond donors (Lipinski definition) is 5. The van der Waals surface area contributed by atoms with Crippen LogP contribution in [0.2, 0.25) is 5.02 Å². The zero-order valence-corrected chi connectivity index (χ0v) is 31.0. The van der Waals surface area contributed by atoms with E-state index in [1.54, 1.807) is 6.07 Å². The zero-order chi connectivity index (χ0) is 35.6. The Kier molecular flexibility index (Phi) is 17.2. The van der Waals surface area contributed by atoms with Crippen molar-refractivity contribution < 1.29 is 14.4 Å². The number of nitrogens with one attached hydrogen (secondary N) is 5. The van der Waals surface area contributed by atoms with Gasteiger partial charge in [0.25, 0.3) is 5.91 Å². The van der Waals surface area contributed by atoms with Crippen LogP contribution in [-0.2, 0) is 9.59 Å². The molecule has 49 heavy (non-hydrogen) atoms. The molecule has 0 aliphatic carbocycles. The first-order valence-corrected chi connectivity index (χ1v) is 18.3. The van der Waals surface area contributed by atoms with Crippen LogP contribution in [0.4, 0.5) is 22.5 Å². The van der Waals surface area contributed by atoms with Crippen LogP contribution in [0.5, 0.6) is 0 Å². The van der Waals surface area contributed by atoms with E-state index in [1.807, 2.05) is 32.0 Å². The van der Waals surface area contributed by atoms with Crippen molar-refractivity contribution in [2.45, 2.75) is 79.1 Å². The second-order valence-electron chi connectivity index (χ2n) is 12.6. The minimum absolute atomic E-state index is 0.0890. The van der Waals surface area contributed by atoms with E-state index in [4.69, 9.17) is 11.6 Å². The highest BCUT2D eigenvalue weighted by atomic mass is 35.5. The highest BCUT2D eigenvalue weighted by Gasteiger charge is 2.15. The van der Waals surface area contributed by atoms with Crippen LogP contribution in [0.15, 0.2) is 30.5 Å². The van der Waals surface area contributed by atoms with Crippen molar-refractivity contribution in [3.05, 3.63) is 51.7 Å². The predicted octanol–water partition coefficient (Wildman–Crippen LogP) is 6.55. The van der Waals surface area contributed by atoms with Gasteiger partial charge in [0.1, 0.15) is 22.3 Å². The second kappa shape index (κ2) is 21.3. The molecular formula is C35H52ClN9O3S. The van der Waals surface area contributed by atoms with Crippen LogP contribution in [0, 0.1) is 19.8 Å². The lowest BCUT2D eigenvalue weighted by Gasteiger charge is -2.17. The van der Waals surface area contributed by atoms with Crippen LogP contribution in [-0.4, -0.2) is 77.3 Å². The monoisotopic (exact) mass is 713 g/mol. The Hall–Kier alpha value is -3.81. The third-order valence-corrected chi connectivity index (χ3v) is 8.90. The van der Waals surface area contributed by atoms with Gasteiger partial charge in [-0.1, -0.05) is 55.3 Å². The number of hydrogen-bond acceptors (Lipinski definition) is 10. The third-order valence-electron chi connectivity index (χ3n) is 7.68. The summed E-state index contributed by atoms with van der Waals surface area (Å²) in [6.07, 6.45) is 8.01. The van der Waals surface area contributed by atoms with Crippen LogP contribution in [0.1, 0.15) is 86.3 Å². The van der Waals surface area contributed by atoms with Crippen LogP contribution in [0.25, 0.3) is 0 Å². The summed E-state index contributed by atoms with van der Waals surface area (Å²) in [6, 6.07) is 7.28. The lowest BCUT2D eigenvalue weighted by Crippen LogP contribution is -2.29. The molecule has 0 radical (unpaired) electrons. The van der Waals surface area contributed by atoms with Gasteiger partial charge in [0.15, 0.2) is 5.13 Å². The standard InChI is InChI=1S/C35H52ClN9O3S/c1-24(2)15-16-32(47)38-17-8-6-7-14-31(46)39-19-11-21-45(5)20-10-18-37-29-22-30(42-26(4)41-29)43-35-40-23-28(49-35)34(48)44-33-25(3)12-9-13-27(33)36/h9,12-13,22-24H,6-8,10-11,14-21H2,1-5H3,(H,38,47)(H,39,46)(H,44,48)(H2,37,40,41,42,43). The maximum Gasteiger partial charge on any atom is 0.267 e. The number of rotatable bonds is 22. The first kappa shape index (κ1) is 39.6. The molecule has 0 unspecified atom stereocenters. The number of carbonyl (C=O) groups is 3. The topological polar surface area (TPSA) is 153 Å². The summed E-state index contributed by atoms with van der Waals surface area (Å²) in [4.78, 5) is 52.7. The van der Waals surface area contributed by atoms with Gasteiger partial charge in [-0.3, -0.25) is 14.4 Å². The normalized spacial score (nSPS) is 11.1. The molecule has 0 atom stereocenters. The Morgan fingerprint density at radius 1 is 0.898 bits per heavy atom. The van der Waals surface area contributed by atoms with Crippen LogP contribution in [0.3, 0.4) is 0 Å². The summed E-state index contributed by atoms with van der Waals surface area (Å²) in [5, 5.41) is 16.4. The predicted molar refractivity (Wildman–Crippen MR) is 200 cm³/mol. The average molecular weight is 714 g/mol. The molecule has 1 aromatic carbocycles. The molecule has 3 amide bonds. The van der Waals surface area contributed by atoms with Gasteiger partial charge >= 0.3 is 0 Å². The van der Waals surface area contributed by atoms with Gasteiger partial charge in [-0.05, 0) is 83.6 Å². The molecule has 0 saturated heterocycles. The van der Waals surface area contributed by atoms with E-state index in [0.29, 0.717) is 70.0 Å². The molecule has 3 rings (SSSR count). The maximum atomic E-state index is 12.8. The van der Waals surface area contributed by atoms with E-state index in [1.165, 1.54) is 17.5 Å². The minimum Gasteiger partial charge on any atom is -0.370 e. The summed E-state index contributed by atoms with van der Waals surface area (Å²) in [5.41, 5.74) is 1.47. The first-order chi connectivity index (χ1) is 23.5. The van der Waals surface area contributed by atoms with E-state index in [-0.39, 0.29) is 17.7 Å². The molecule has 2 heterocycles. The molecule has 0 saturated carbocycles. The Labute approximate surface area is 299 Å². The van der Waals surface area contributed by atoms with Gasteiger partial charge in [-0.15, -0.1) is 0 Å². The molecule has 268 valence electrons. The molecule has 2 aromatic heterocycles. The van der Waals surface area contributed by atoms with E-state index in [2.05, 4.69) is 67.3 Å². The number of nitrogens with zero attached hydrogens (tertiary/aromatic N) is 4. The lowest BCUT2D eigenvalue weighted by atomic mass is 10.1. The largest absolute Gasteiger partial charge is 0.370 e. The van der Waals surface area contributed by atoms with E-state index in [9.17, 15) is 14.4 Å². The van der Waals surface area contributed by atoms with Gasteiger partial charge in [0.2, 0.25) is 11.8 Å². The summed E-state index contributed by atoms with van der Waals surface area (Å²) < 4.78 is 0. The molecule has 0 fully saturated rings. The van der Waals surface area contributed by atoms with E-state index < -0.39 is 0 Å². The molecule has 0 aliphatic rings. The van der Waals surface area contributed by atoms with Gasteiger partial charge in [0, 0.05) is 38.5 Å². The highest BCUT2D eigenvalue weighted by molar-refractivity contribution is 7.17. The summed E-state index contributed by atoms with van der Waals surface area (Å²) in [7, 11) is 2.08. The number of unbranched alkanes of at least 4 members (excludes halogenated alkanes) is 2. The Bertz CT molecular complexity index is 1480. The molecule has 5 N–H and O–H groups in total. The van der Waals surface area contributed by atoms with Gasteiger partial charge in [-0.25, -0.2) is 15.0 Å². The molecule has 0 bridgehead atoms. The number of aromatic nitrogens is 3. The SMILES string of the molecule is Cc1nc(NCCCN(C)CCCNC(=O)CCCCCNC(=O)CCC(C)C)cc(Nc2ncc(C(=O)Nc3c(C)cccc3Cl)s2)n1. The number of aryl methyl sites for hydroxylation is 2. The van der Waals surface area contributed by atoms with Gasteiger partial charge < -0.3 is 31.5 Å². The summed E-state index contributed by atoms with van der Waals surface area (Å²) in [5.74, 6) is 2.36. The van der Waals surface area contributed by atoms with Crippen molar-refractivity contribution in [1.29, 1.82) is 0 Å². The highest BCUT2D eigenvalue weighted by Crippen LogP contribution is 2.28. The zero-order valence-electron chi connectivity index (χ0n) is 29.5. The fourth-order valence-corrected chi connectivity index (χ4v) is 5.89. The van der Waals surface area contributed by atoms with Crippen molar-refractivity contribution in [1.82, 2.24) is 30.5 Å². The summed E-state index contributed by atoms with van der Waals surface area (Å²) >= 11 is 7.48. The van der Waals surface area contributed by atoms with Crippen molar-refractivity contribution in [2.24, 2.45) is 5.92 Å². The number of halogens is 1. The smallest absolute Gasteiger partial charge is 0.267 e. The molecule has 0 spiro atoms. The molecular weight excluding hydrogens is 662 g/mol. The van der Waals surface area contributed by atoms with E-state index in [0.717, 1.165) is 63.7 Å². The van der Waals surface area contributed by atoms with Crippen molar-refractivity contribution in [2.75, 3.05) is 55.7 Å². The first-order valence-electron chi connectivity index (χ1n) is 17.1. The summed E-state index contributed by atoms with van der Waals surface area (Å²) in [6.45, 7) is 11.8. The lowest BCUT2D eigenvalue weighted by molar-refractivity contribution is -0.122. The number of para-hydroxylation sites is 1.